The number of amides is 2. The zero-order valence-corrected chi connectivity index (χ0v) is 12.9. The van der Waals surface area contributed by atoms with Crippen molar-refractivity contribution in [2.24, 2.45) is 11.5 Å². The molecule has 0 bridgehead atoms. The molecule has 6 heteroatoms. The summed E-state index contributed by atoms with van der Waals surface area (Å²) in [5.74, 6) is -0.824. The summed E-state index contributed by atoms with van der Waals surface area (Å²) in [6.45, 7) is 2.87. The molecule has 0 fully saturated rings. The van der Waals surface area contributed by atoms with Gasteiger partial charge in [0.25, 0.3) is 0 Å². The third kappa shape index (κ3) is 5.07. The zero-order valence-electron chi connectivity index (χ0n) is 12.9. The maximum atomic E-state index is 12.2. The Kier molecular flexibility index (Phi) is 6.17. The normalized spacial score (nSPS) is 11.8. The number of hydrogen-bond donors (Lipinski definition) is 2. The van der Waals surface area contributed by atoms with Gasteiger partial charge in [0.2, 0.25) is 11.8 Å². The topological polar surface area (TPSA) is 92.7 Å². The predicted octanol–water partition coefficient (Wildman–Crippen LogP) is 0.304. The van der Waals surface area contributed by atoms with Gasteiger partial charge in [0.15, 0.2) is 0 Å². The highest BCUT2D eigenvalue weighted by atomic mass is 16.2. The molecule has 1 rings (SSSR count). The first-order valence-electron chi connectivity index (χ1n) is 6.94. The van der Waals surface area contributed by atoms with E-state index in [-0.39, 0.29) is 12.3 Å². The lowest BCUT2D eigenvalue weighted by Crippen LogP contribution is -2.45. The molecule has 1 atom stereocenters. The van der Waals surface area contributed by atoms with Crippen LogP contribution in [0.1, 0.15) is 18.9 Å². The summed E-state index contributed by atoms with van der Waals surface area (Å²) >= 11 is 0. The fraction of sp³-hybridized carbons (Fsp3) is 0.467. The summed E-state index contributed by atoms with van der Waals surface area (Å²) in [7, 11) is 3.94. The number of carbonyl (C=O) groups excluding carboxylic acids is 2. The van der Waals surface area contributed by atoms with Gasteiger partial charge >= 0.3 is 0 Å². The van der Waals surface area contributed by atoms with Crippen molar-refractivity contribution in [2.45, 2.75) is 25.9 Å². The van der Waals surface area contributed by atoms with Crippen LogP contribution >= 0.6 is 0 Å². The molecule has 0 saturated heterocycles. The predicted molar refractivity (Wildman–Crippen MR) is 83.6 cm³/mol. The molecular formula is C15H24N4O2. The maximum Gasteiger partial charge on any atom is 0.240 e. The van der Waals surface area contributed by atoms with Crippen LogP contribution in [0.15, 0.2) is 24.3 Å². The van der Waals surface area contributed by atoms with E-state index in [4.69, 9.17) is 11.5 Å². The van der Waals surface area contributed by atoms with Crippen LogP contribution in [0.25, 0.3) is 0 Å². The van der Waals surface area contributed by atoms with Crippen LogP contribution in [0.3, 0.4) is 0 Å². The van der Waals surface area contributed by atoms with Crippen molar-refractivity contribution >= 4 is 17.5 Å². The Morgan fingerprint density at radius 3 is 2.19 bits per heavy atom. The lowest BCUT2D eigenvalue weighted by molar-refractivity contribution is -0.135. The Morgan fingerprint density at radius 2 is 1.76 bits per heavy atom. The van der Waals surface area contributed by atoms with Crippen molar-refractivity contribution < 1.29 is 9.59 Å². The minimum atomic E-state index is -0.872. The summed E-state index contributed by atoms with van der Waals surface area (Å²) < 4.78 is 0. The average Bonchev–Trinajstić information content (AvgIpc) is 2.43. The van der Waals surface area contributed by atoms with Gasteiger partial charge in [-0.25, -0.2) is 0 Å². The van der Waals surface area contributed by atoms with Crippen molar-refractivity contribution in [1.29, 1.82) is 0 Å². The number of likely N-dealkylation sites (N-methyl/N-ethyl adjacent to an activating group) is 1. The van der Waals surface area contributed by atoms with E-state index in [2.05, 4.69) is 0 Å². The van der Waals surface area contributed by atoms with E-state index >= 15 is 0 Å². The van der Waals surface area contributed by atoms with Gasteiger partial charge in [-0.05, 0) is 24.6 Å². The molecule has 1 aromatic rings. The van der Waals surface area contributed by atoms with Gasteiger partial charge in [0.05, 0.1) is 12.5 Å². The summed E-state index contributed by atoms with van der Waals surface area (Å²) in [5.41, 5.74) is 12.9. The van der Waals surface area contributed by atoms with Crippen LogP contribution < -0.4 is 16.4 Å². The smallest absolute Gasteiger partial charge is 0.240 e. The Morgan fingerprint density at radius 1 is 1.19 bits per heavy atom. The molecular weight excluding hydrogens is 268 g/mol. The fourth-order valence-electron chi connectivity index (χ4n) is 2.00. The number of anilines is 1. The molecule has 0 aliphatic heterocycles. The largest absolute Gasteiger partial charge is 0.378 e. The van der Waals surface area contributed by atoms with Gasteiger partial charge in [-0.1, -0.05) is 12.1 Å². The second kappa shape index (κ2) is 7.64. The van der Waals surface area contributed by atoms with Crippen LogP contribution in [0.5, 0.6) is 0 Å². The molecule has 0 aliphatic rings. The second-order valence-electron chi connectivity index (χ2n) is 5.19. The third-order valence-corrected chi connectivity index (χ3v) is 3.26. The number of nitrogens with zero attached hydrogens (tertiary/aromatic N) is 2. The van der Waals surface area contributed by atoms with Gasteiger partial charge in [-0.15, -0.1) is 0 Å². The van der Waals surface area contributed by atoms with Gasteiger partial charge in [0, 0.05) is 32.9 Å². The molecule has 1 aromatic carbocycles. The third-order valence-electron chi connectivity index (χ3n) is 3.26. The first kappa shape index (κ1) is 17.0. The van der Waals surface area contributed by atoms with Crippen molar-refractivity contribution in [2.75, 3.05) is 25.5 Å². The molecule has 0 spiro atoms. The summed E-state index contributed by atoms with van der Waals surface area (Å²) in [6.07, 6.45) is -0.130. The summed E-state index contributed by atoms with van der Waals surface area (Å²) in [5, 5.41) is 0. The number of nitrogens with two attached hydrogens (primary N) is 2. The van der Waals surface area contributed by atoms with Crippen molar-refractivity contribution in [3.8, 4) is 0 Å². The molecule has 0 aliphatic carbocycles. The standard InChI is InChI=1S/C15H24N4O2/c1-4-19(15(21)13(16)9-14(17)20)10-11-5-7-12(8-6-11)18(2)3/h5-8,13H,4,9-10,16H2,1-3H3,(H2,17,20). The van der Waals surface area contributed by atoms with Gasteiger partial charge in [-0.2, -0.15) is 0 Å². The van der Waals surface area contributed by atoms with E-state index in [9.17, 15) is 9.59 Å². The molecule has 0 radical (unpaired) electrons. The van der Waals surface area contributed by atoms with E-state index < -0.39 is 11.9 Å². The fourth-order valence-corrected chi connectivity index (χ4v) is 2.00. The molecule has 21 heavy (non-hydrogen) atoms. The van der Waals surface area contributed by atoms with Crippen LogP contribution in [-0.2, 0) is 16.1 Å². The summed E-state index contributed by atoms with van der Waals surface area (Å²) in [4.78, 5) is 26.7. The molecule has 1 unspecified atom stereocenters. The van der Waals surface area contributed by atoms with Gasteiger partial charge in [-0.3, -0.25) is 9.59 Å². The van der Waals surface area contributed by atoms with Gasteiger partial charge < -0.3 is 21.3 Å². The van der Waals surface area contributed by atoms with Crippen LogP contribution in [0, 0.1) is 0 Å². The lowest BCUT2D eigenvalue weighted by atomic mass is 10.1. The van der Waals surface area contributed by atoms with Crippen LogP contribution in [0.4, 0.5) is 5.69 Å². The SMILES string of the molecule is CCN(Cc1ccc(N(C)C)cc1)C(=O)C(N)CC(N)=O. The molecule has 2 amide bonds. The Balaban J connectivity index is 2.73. The number of hydrogen-bond acceptors (Lipinski definition) is 4. The maximum absolute atomic E-state index is 12.2. The van der Waals surface area contributed by atoms with E-state index in [0.717, 1.165) is 11.3 Å². The van der Waals surface area contributed by atoms with E-state index in [1.54, 1.807) is 4.90 Å². The highest BCUT2D eigenvalue weighted by molar-refractivity contribution is 5.87. The molecule has 6 nitrogen and oxygen atoms in total. The van der Waals surface area contributed by atoms with Gasteiger partial charge in [0.1, 0.15) is 0 Å². The van der Waals surface area contributed by atoms with E-state index in [1.807, 2.05) is 50.2 Å². The molecule has 0 saturated carbocycles. The lowest BCUT2D eigenvalue weighted by Gasteiger charge is -2.24. The molecule has 0 heterocycles. The van der Waals surface area contributed by atoms with E-state index in [0.29, 0.717) is 13.1 Å². The van der Waals surface area contributed by atoms with Crippen molar-refractivity contribution in [3.63, 3.8) is 0 Å². The molecule has 4 N–H and O–H groups in total. The van der Waals surface area contributed by atoms with E-state index in [1.165, 1.54) is 0 Å². The average molecular weight is 292 g/mol. The number of benzene rings is 1. The van der Waals surface area contributed by atoms with Crippen molar-refractivity contribution in [3.05, 3.63) is 29.8 Å². The number of rotatable bonds is 7. The van der Waals surface area contributed by atoms with Crippen molar-refractivity contribution in [1.82, 2.24) is 4.90 Å². The molecule has 0 aromatic heterocycles. The Hall–Kier alpha value is -2.08. The van der Waals surface area contributed by atoms with Crippen LogP contribution in [0.2, 0.25) is 0 Å². The summed E-state index contributed by atoms with van der Waals surface area (Å²) in [6, 6.07) is 7.08. The number of carbonyl (C=O) groups is 2. The minimum absolute atomic E-state index is 0.130. The first-order chi connectivity index (χ1) is 9.85. The Bertz CT molecular complexity index is 485. The quantitative estimate of drug-likeness (QED) is 0.756. The highest BCUT2D eigenvalue weighted by Gasteiger charge is 2.21. The number of primary amides is 1. The monoisotopic (exact) mass is 292 g/mol. The Labute approximate surface area is 125 Å². The highest BCUT2D eigenvalue weighted by Crippen LogP contribution is 2.14. The zero-order chi connectivity index (χ0) is 16.0. The molecule has 116 valence electrons. The minimum Gasteiger partial charge on any atom is -0.378 e. The van der Waals surface area contributed by atoms with Crippen LogP contribution in [-0.4, -0.2) is 43.4 Å². The second-order valence-corrected chi connectivity index (χ2v) is 5.19. The first-order valence-corrected chi connectivity index (χ1v) is 6.94.